The van der Waals surface area contributed by atoms with Crippen molar-refractivity contribution in [2.45, 2.75) is 71.8 Å². The molecule has 4 aliphatic carbocycles. The van der Waals surface area contributed by atoms with Crippen molar-refractivity contribution in [1.82, 2.24) is 0 Å². The summed E-state index contributed by atoms with van der Waals surface area (Å²) < 4.78 is 7.14. The molecule has 0 radical (unpaired) electrons. The highest BCUT2D eigenvalue weighted by molar-refractivity contribution is 14.1. The molecule has 6 atom stereocenters. The van der Waals surface area contributed by atoms with Crippen molar-refractivity contribution in [3.05, 3.63) is 21.3 Å². The molecule has 0 N–H and O–H groups in total. The third-order valence-corrected chi connectivity index (χ3v) is 9.55. The third-order valence-electron chi connectivity index (χ3n) is 7.88. The molecule has 132 valence electrons. The minimum Gasteiger partial charge on any atom is -0.462 e. The molecule has 4 aliphatic rings. The summed E-state index contributed by atoms with van der Waals surface area (Å²) in [6, 6.07) is 0. The van der Waals surface area contributed by atoms with Gasteiger partial charge in [-0.25, -0.2) is 0 Å². The van der Waals surface area contributed by atoms with Gasteiger partial charge in [0.2, 0.25) is 0 Å². The van der Waals surface area contributed by atoms with E-state index in [-0.39, 0.29) is 12.1 Å². The molecule has 3 heteroatoms. The Morgan fingerprint density at radius 2 is 1.88 bits per heavy atom. The van der Waals surface area contributed by atoms with Gasteiger partial charge in [-0.2, -0.15) is 0 Å². The maximum Gasteiger partial charge on any atom is 0.302 e. The van der Waals surface area contributed by atoms with Gasteiger partial charge < -0.3 is 4.74 Å². The lowest BCUT2D eigenvalue weighted by atomic mass is 9.48. The molecule has 0 amide bonds. The van der Waals surface area contributed by atoms with Gasteiger partial charge in [0.1, 0.15) is 6.10 Å². The largest absolute Gasteiger partial charge is 0.462 e. The Labute approximate surface area is 159 Å². The molecule has 0 saturated heterocycles. The van der Waals surface area contributed by atoms with Crippen molar-refractivity contribution in [3.8, 4) is 0 Å². The Kier molecular flexibility index (Phi) is 4.17. The van der Waals surface area contributed by atoms with Crippen LogP contribution in [-0.2, 0) is 9.53 Å². The number of fused-ring (bicyclic) bond motifs is 5. The lowest BCUT2D eigenvalue weighted by Crippen LogP contribution is -2.49. The van der Waals surface area contributed by atoms with E-state index in [9.17, 15) is 4.79 Å². The Hall–Kier alpha value is -0.320. The Balaban J connectivity index is 1.59. The fraction of sp³-hybridized carbons (Fsp3) is 0.762. The molecule has 0 aromatic heterocycles. The molecule has 24 heavy (non-hydrogen) atoms. The number of halogens is 1. The zero-order valence-electron chi connectivity index (χ0n) is 15.1. The van der Waals surface area contributed by atoms with Crippen LogP contribution in [0, 0.1) is 28.6 Å². The highest BCUT2D eigenvalue weighted by atomic mass is 127. The number of carbonyl (C=O) groups excluding carboxylic acids is 1. The number of hydrogen-bond donors (Lipinski definition) is 0. The van der Waals surface area contributed by atoms with Crippen LogP contribution in [0.1, 0.15) is 65.7 Å². The Morgan fingerprint density at radius 1 is 1.12 bits per heavy atom. The van der Waals surface area contributed by atoms with Crippen molar-refractivity contribution in [2.75, 3.05) is 0 Å². The third kappa shape index (κ3) is 2.44. The molecular formula is C21H29IO2. The number of carbonyl (C=O) groups is 1. The zero-order valence-corrected chi connectivity index (χ0v) is 17.3. The standard InChI is InChI=1S/C21H29IO2/c1-13(23)24-15-8-10-20(2)14(12-15)4-5-16-17-6-7-19(22)21(17,3)11-9-18(16)20/h4,7,15-18H,5-6,8-12H2,1-3H3. The molecule has 0 aliphatic heterocycles. The van der Waals surface area contributed by atoms with Gasteiger partial charge in [-0.05, 0) is 87.9 Å². The fourth-order valence-electron chi connectivity index (χ4n) is 6.48. The molecule has 4 rings (SSSR count). The monoisotopic (exact) mass is 440 g/mol. The SMILES string of the molecule is CC(=O)OC1CCC2(C)C(=CCC3C4CC=C(I)C4(C)CCC32)C1. The Morgan fingerprint density at radius 3 is 2.62 bits per heavy atom. The molecule has 2 fully saturated rings. The number of rotatable bonds is 1. The average molecular weight is 440 g/mol. The summed E-state index contributed by atoms with van der Waals surface area (Å²) in [5, 5.41) is 0. The zero-order chi connectivity index (χ0) is 17.1. The first kappa shape index (κ1) is 17.1. The summed E-state index contributed by atoms with van der Waals surface area (Å²) in [7, 11) is 0. The number of allylic oxidation sites excluding steroid dienone is 3. The number of esters is 1. The number of ether oxygens (including phenoxy) is 1. The van der Waals surface area contributed by atoms with Crippen LogP contribution < -0.4 is 0 Å². The normalized spacial score (nSPS) is 47.0. The van der Waals surface area contributed by atoms with Crippen molar-refractivity contribution in [3.63, 3.8) is 0 Å². The highest BCUT2D eigenvalue weighted by Crippen LogP contribution is 2.65. The van der Waals surface area contributed by atoms with E-state index < -0.39 is 0 Å². The van der Waals surface area contributed by atoms with E-state index in [0.29, 0.717) is 10.8 Å². The summed E-state index contributed by atoms with van der Waals surface area (Å²) in [5.41, 5.74) is 2.37. The first-order valence-electron chi connectivity index (χ1n) is 9.57. The summed E-state index contributed by atoms with van der Waals surface area (Å²) in [4.78, 5) is 11.3. The predicted molar refractivity (Wildman–Crippen MR) is 105 cm³/mol. The summed E-state index contributed by atoms with van der Waals surface area (Å²) in [5.74, 6) is 2.37. The average Bonchev–Trinajstić information content (AvgIpc) is 2.83. The molecule has 2 nitrogen and oxygen atoms in total. The smallest absolute Gasteiger partial charge is 0.302 e. The van der Waals surface area contributed by atoms with E-state index in [4.69, 9.17) is 4.74 Å². The lowest BCUT2D eigenvalue weighted by Gasteiger charge is -2.57. The molecule has 0 spiro atoms. The molecule has 0 aromatic rings. The van der Waals surface area contributed by atoms with E-state index in [2.05, 4.69) is 48.6 Å². The fourth-order valence-corrected chi connectivity index (χ4v) is 7.40. The molecule has 0 aromatic carbocycles. The summed E-state index contributed by atoms with van der Waals surface area (Å²) >= 11 is 2.60. The van der Waals surface area contributed by atoms with Crippen LogP contribution in [0.25, 0.3) is 0 Å². The van der Waals surface area contributed by atoms with Gasteiger partial charge in [-0.15, -0.1) is 0 Å². The topological polar surface area (TPSA) is 26.3 Å². The van der Waals surface area contributed by atoms with Gasteiger partial charge in [0.05, 0.1) is 0 Å². The van der Waals surface area contributed by atoms with Gasteiger partial charge in [-0.3, -0.25) is 4.79 Å². The van der Waals surface area contributed by atoms with Crippen LogP contribution in [0.3, 0.4) is 0 Å². The summed E-state index contributed by atoms with van der Waals surface area (Å²) in [6.45, 7) is 6.56. The van der Waals surface area contributed by atoms with Crippen molar-refractivity contribution < 1.29 is 9.53 Å². The number of hydrogen-bond acceptors (Lipinski definition) is 2. The Bertz CT molecular complexity index is 621. The van der Waals surface area contributed by atoms with E-state index in [1.807, 2.05) is 0 Å². The van der Waals surface area contributed by atoms with Crippen LogP contribution >= 0.6 is 22.6 Å². The van der Waals surface area contributed by atoms with Crippen LogP contribution in [-0.4, -0.2) is 12.1 Å². The van der Waals surface area contributed by atoms with Gasteiger partial charge in [0.15, 0.2) is 0 Å². The minimum atomic E-state index is -0.127. The maximum absolute atomic E-state index is 11.3. The van der Waals surface area contributed by atoms with Crippen molar-refractivity contribution in [1.29, 1.82) is 0 Å². The second-order valence-corrected chi connectivity index (χ2v) is 10.1. The van der Waals surface area contributed by atoms with Gasteiger partial charge in [0, 0.05) is 18.8 Å². The van der Waals surface area contributed by atoms with Gasteiger partial charge in [0.25, 0.3) is 0 Å². The van der Waals surface area contributed by atoms with Crippen LogP contribution in [0.2, 0.25) is 0 Å². The highest BCUT2D eigenvalue weighted by Gasteiger charge is 2.56. The van der Waals surface area contributed by atoms with Crippen molar-refractivity contribution in [2.24, 2.45) is 28.6 Å². The maximum atomic E-state index is 11.3. The first-order valence-corrected chi connectivity index (χ1v) is 10.7. The predicted octanol–water partition coefficient (Wildman–Crippen LogP) is 5.81. The quantitative estimate of drug-likeness (QED) is 0.292. The first-order chi connectivity index (χ1) is 11.3. The van der Waals surface area contributed by atoms with E-state index in [1.54, 1.807) is 9.15 Å². The van der Waals surface area contributed by atoms with Crippen molar-refractivity contribution >= 4 is 28.6 Å². The summed E-state index contributed by atoms with van der Waals surface area (Å²) in [6.07, 6.45) is 13.6. The van der Waals surface area contributed by atoms with E-state index >= 15 is 0 Å². The van der Waals surface area contributed by atoms with E-state index in [0.717, 1.165) is 30.6 Å². The van der Waals surface area contributed by atoms with Crippen LogP contribution in [0.15, 0.2) is 21.3 Å². The molecule has 0 bridgehead atoms. The van der Waals surface area contributed by atoms with Crippen LogP contribution in [0.5, 0.6) is 0 Å². The molecule has 6 unspecified atom stereocenters. The minimum absolute atomic E-state index is 0.112. The second-order valence-electron chi connectivity index (χ2n) is 8.98. The van der Waals surface area contributed by atoms with Gasteiger partial charge in [-0.1, -0.05) is 31.6 Å². The molecule has 0 heterocycles. The second kappa shape index (κ2) is 5.85. The lowest BCUT2D eigenvalue weighted by molar-refractivity contribution is -0.148. The molecular weight excluding hydrogens is 411 g/mol. The van der Waals surface area contributed by atoms with E-state index in [1.165, 1.54) is 39.0 Å². The van der Waals surface area contributed by atoms with Crippen LogP contribution in [0.4, 0.5) is 0 Å². The molecule has 2 saturated carbocycles. The van der Waals surface area contributed by atoms with Gasteiger partial charge >= 0.3 is 5.97 Å².